The number of nitriles is 1. The van der Waals surface area contributed by atoms with Crippen LogP contribution in [-0.2, 0) is 12.4 Å². The van der Waals surface area contributed by atoms with Crippen LogP contribution in [0.4, 0.5) is 26.3 Å². The lowest BCUT2D eigenvalue weighted by Crippen LogP contribution is -2.11. The van der Waals surface area contributed by atoms with Crippen LogP contribution in [0.2, 0.25) is 0 Å². The largest absolute Gasteiger partial charge is 0.416 e. The molecule has 0 amide bonds. The quantitative estimate of drug-likeness (QED) is 0.140. The molecule has 0 unspecified atom stereocenters. The van der Waals surface area contributed by atoms with Crippen LogP contribution < -0.4 is 0 Å². The Kier molecular flexibility index (Phi) is 12.7. The molecule has 0 aliphatic rings. The fourth-order valence-corrected chi connectivity index (χ4v) is 16.1. The molecular formula is C87H53F6N7. The number of benzene rings is 13. The average Bonchev–Trinajstić information content (AvgIpc) is 1.55. The number of para-hydroxylation sites is 7. The van der Waals surface area contributed by atoms with Crippen molar-refractivity contribution in [2.75, 3.05) is 0 Å². The molecule has 0 fully saturated rings. The minimum absolute atomic E-state index is 0.0128. The van der Waals surface area contributed by atoms with Crippen LogP contribution in [0, 0.1) is 18.3 Å². The Balaban J connectivity index is 0.941. The van der Waals surface area contributed by atoms with Crippen LogP contribution in [0.15, 0.2) is 279 Å². The van der Waals surface area contributed by atoms with Crippen LogP contribution in [0.25, 0.3) is 171 Å². The zero-order valence-corrected chi connectivity index (χ0v) is 53.5. The lowest BCUT2D eigenvalue weighted by atomic mass is 9.96. The third-order valence-electron chi connectivity index (χ3n) is 20.3. The van der Waals surface area contributed by atoms with E-state index in [1.54, 1.807) is 12.1 Å². The average molecular weight is 1310 g/mol. The number of hydrogen-bond donors (Lipinski definition) is 0. The summed E-state index contributed by atoms with van der Waals surface area (Å²) < 4.78 is 104. The molecule has 0 saturated heterocycles. The standard InChI is InChI=1S/C87H53F6N7/c1-3-18-60-51(2)95(73-26-11-4-19-61(60)73)56-33-37-80-68(46-56)69-47-57(96-74-27-12-5-20-62(74)63-21-6-13-28-75(63)96)34-38-81(69)99(80)84-43-53(52-41-54(86(88,89)90)45-55(42-52)87(91,92)93)44-85(72(84)50-94)100-82-39-35-58(97-76-29-14-7-22-64(76)65-23-8-15-30-77(65)97)48-70(82)71-49-59(36-40-83(71)100)98-78-31-16-9-24-66(78)67-25-10-17-32-79(67)98/h3-49H,1-2H3/b18-3-. The molecule has 0 aliphatic carbocycles. The van der Waals surface area contributed by atoms with Crippen molar-refractivity contribution in [3.63, 3.8) is 0 Å². The lowest BCUT2D eigenvalue weighted by molar-refractivity contribution is -0.143. The lowest BCUT2D eigenvalue weighted by Gasteiger charge is -2.20. The first kappa shape index (κ1) is 58.6. The van der Waals surface area contributed by atoms with E-state index in [4.69, 9.17) is 0 Å². The maximum atomic E-state index is 15.3. The summed E-state index contributed by atoms with van der Waals surface area (Å²) in [5.74, 6) is 0. The first-order valence-electron chi connectivity index (χ1n) is 33.0. The number of alkyl halides is 6. The van der Waals surface area contributed by atoms with Crippen molar-refractivity contribution in [2.24, 2.45) is 0 Å². The molecule has 0 bridgehead atoms. The summed E-state index contributed by atoms with van der Waals surface area (Å²) in [6.07, 6.45) is -6.20. The molecule has 13 heteroatoms. The third-order valence-corrected chi connectivity index (χ3v) is 20.3. The van der Waals surface area contributed by atoms with E-state index in [1.165, 1.54) is 0 Å². The SMILES string of the molecule is C/C=C\c1c(C)n(-c2ccc3c(c2)c2cc(-n4c5ccccc5c5ccccc54)ccc2n3-c2cc(-c3cc(C(F)(F)F)cc(C(F)(F)F)c3)cc(-n3c4ccc(-n5c6ccccc6c6ccccc65)cc4c4cc(-n5c6ccccc6c6ccccc65)ccc43)c2C#N)c2ccccc12. The van der Waals surface area contributed by atoms with E-state index in [1.807, 2.05) is 156 Å². The van der Waals surface area contributed by atoms with Crippen molar-refractivity contribution in [1.29, 1.82) is 5.26 Å². The molecule has 0 N–H and O–H groups in total. The van der Waals surface area contributed by atoms with Gasteiger partial charge in [-0.05, 0) is 171 Å². The summed E-state index contributed by atoms with van der Waals surface area (Å²) in [5, 5.41) is 22.9. The number of halogens is 6. The van der Waals surface area contributed by atoms with Gasteiger partial charge in [-0.1, -0.05) is 140 Å². The first-order chi connectivity index (χ1) is 48.7. The van der Waals surface area contributed by atoms with E-state index >= 15 is 26.3 Å². The van der Waals surface area contributed by atoms with E-state index in [-0.39, 0.29) is 34.1 Å². The highest BCUT2D eigenvalue weighted by atomic mass is 19.4. The van der Waals surface area contributed by atoms with Crippen LogP contribution >= 0.6 is 0 Å². The van der Waals surface area contributed by atoms with Gasteiger partial charge in [0.15, 0.2) is 0 Å². The smallest absolute Gasteiger partial charge is 0.313 e. The van der Waals surface area contributed by atoms with E-state index in [0.717, 1.165) is 144 Å². The number of rotatable bonds is 8. The van der Waals surface area contributed by atoms with Gasteiger partial charge in [0.05, 0.1) is 83.2 Å². The second kappa shape index (κ2) is 21.6. The molecule has 6 aromatic heterocycles. The van der Waals surface area contributed by atoms with Crippen molar-refractivity contribution in [3.8, 4) is 51.3 Å². The highest BCUT2D eigenvalue weighted by Crippen LogP contribution is 2.47. The van der Waals surface area contributed by atoms with E-state index in [9.17, 15) is 5.26 Å². The Labute approximate surface area is 566 Å². The van der Waals surface area contributed by atoms with Gasteiger partial charge in [-0.15, -0.1) is 0 Å². The fraction of sp³-hybridized carbons (Fsp3) is 0.0460. The zero-order chi connectivity index (χ0) is 67.6. The second-order valence-electron chi connectivity index (χ2n) is 25.7. The Morgan fingerprint density at radius 3 is 0.870 bits per heavy atom. The number of aromatic nitrogens is 6. The number of fused-ring (bicyclic) bond motifs is 16. The van der Waals surface area contributed by atoms with Gasteiger partial charge < -0.3 is 27.4 Å². The van der Waals surface area contributed by atoms with Crippen molar-refractivity contribution in [1.82, 2.24) is 27.4 Å². The monoisotopic (exact) mass is 1310 g/mol. The van der Waals surface area contributed by atoms with E-state index in [2.05, 4.69) is 147 Å². The van der Waals surface area contributed by atoms with Gasteiger partial charge in [0.25, 0.3) is 0 Å². The predicted molar refractivity (Wildman–Crippen MR) is 395 cm³/mol. The highest BCUT2D eigenvalue weighted by molar-refractivity contribution is 6.16. The molecule has 100 heavy (non-hydrogen) atoms. The van der Waals surface area contributed by atoms with Crippen LogP contribution in [0.5, 0.6) is 0 Å². The number of hydrogen-bond acceptors (Lipinski definition) is 1. The minimum Gasteiger partial charge on any atom is -0.313 e. The topological polar surface area (TPSA) is 53.4 Å². The summed E-state index contributed by atoms with van der Waals surface area (Å²) in [6, 6.07) is 89.9. The third kappa shape index (κ3) is 8.59. The van der Waals surface area contributed by atoms with Gasteiger partial charge in [-0.3, -0.25) is 0 Å². The maximum Gasteiger partial charge on any atom is 0.416 e. The molecule has 19 aromatic rings. The van der Waals surface area contributed by atoms with Crippen molar-refractivity contribution < 1.29 is 26.3 Å². The summed E-state index contributed by atoms with van der Waals surface area (Å²) in [4.78, 5) is 0. The molecule has 478 valence electrons. The molecule has 0 aliphatic heterocycles. The summed E-state index contributed by atoms with van der Waals surface area (Å²) >= 11 is 0. The fourth-order valence-electron chi connectivity index (χ4n) is 16.1. The van der Waals surface area contributed by atoms with E-state index in [0.29, 0.717) is 22.1 Å². The molecule has 0 radical (unpaired) electrons. The maximum absolute atomic E-state index is 15.3. The van der Waals surface area contributed by atoms with Gasteiger partial charge in [0.1, 0.15) is 11.6 Å². The molecule has 0 saturated carbocycles. The molecular weight excluding hydrogens is 1260 g/mol. The van der Waals surface area contributed by atoms with Gasteiger partial charge in [0, 0.05) is 93.3 Å². The Hall–Kier alpha value is -12.8. The minimum atomic E-state index is -5.17. The summed E-state index contributed by atoms with van der Waals surface area (Å²) in [5.41, 5.74) is 12.2. The van der Waals surface area contributed by atoms with Crippen LogP contribution in [0.3, 0.4) is 0 Å². The molecule has 0 atom stereocenters. The second-order valence-corrected chi connectivity index (χ2v) is 25.7. The van der Waals surface area contributed by atoms with Crippen molar-refractivity contribution in [2.45, 2.75) is 26.2 Å². The molecule has 6 heterocycles. The van der Waals surface area contributed by atoms with Crippen LogP contribution in [0.1, 0.15) is 34.9 Å². The highest BCUT2D eigenvalue weighted by Gasteiger charge is 2.38. The predicted octanol–water partition coefficient (Wildman–Crippen LogP) is 24.0. The Morgan fingerprint density at radius 1 is 0.300 bits per heavy atom. The number of allylic oxidation sites excluding steroid dienone is 1. The summed E-state index contributed by atoms with van der Waals surface area (Å²) in [6.45, 7) is 4.09. The molecule has 19 rings (SSSR count). The van der Waals surface area contributed by atoms with Crippen LogP contribution in [-0.4, -0.2) is 27.4 Å². The summed E-state index contributed by atoms with van der Waals surface area (Å²) in [7, 11) is 0. The normalized spacial score (nSPS) is 12.6. The van der Waals surface area contributed by atoms with Gasteiger partial charge in [0.2, 0.25) is 0 Å². The Morgan fingerprint density at radius 2 is 0.570 bits per heavy atom. The van der Waals surface area contributed by atoms with Crippen molar-refractivity contribution >= 4 is 126 Å². The Bertz CT molecular complexity index is 6440. The van der Waals surface area contributed by atoms with E-state index < -0.39 is 23.5 Å². The molecule has 0 spiro atoms. The van der Waals surface area contributed by atoms with Crippen molar-refractivity contribution in [3.05, 3.63) is 307 Å². The molecule has 7 nitrogen and oxygen atoms in total. The van der Waals surface area contributed by atoms with Gasteiger partial charge in [-0.2, -0.15) is 31.6 Å². The van der Waals surface area contributed by atoms with Gasteiger partial charge >= 0.3 is 12.4 Å². The number of nitrogens with zero attached hydrogens (tertiary/aromatic N) is 7. The zero-order valence-electron chi connectivity index (χ0n) is 53.5. The van der Waals surface area contributed by atoms with Gasteiger partial charge in [-0.25, -0.2) is 0 Å². The first-order valence-corrected chi connectivity index (χ1v) is 33.0. The molecule has 13 aromatic carbocycles.